The van der Waals surface area contributed by atoms with E-state index in [2.05, 4.69) is 21.2 Å². The predicted octanol–water partition coefficient (Wildman–Crippen LogP) is 4.51. The van der Waals surface area contributed by atoms with Crippen molar-refractivity contribution < 1.29 is 14.4 Å². The topological polar surface area (TPSA) is 66.5 Å². The van der Waals surface area contributed by atoms with E-state index in [0.717, 1.165) is 15.2 Å². The Labute approximate surface area is 164 Å². The third-order valence-corrected chi connectivity index (χ3v) is 5.22. The number of amides is 3. The van der Waals surface area contributed by atoms with Crippen molar-refractivity contribution in [3.8, 4) is 0 Å². The Hall–Kier alpha value is -2.99. The number of nitrogens with one attached hydrogen (secondary N) is 1. The van der Waals surface area contributed by atoms with Crippen LogP contribution in [0.1, 0.15) is 23.2 Å². The molecule has 0 bridgehead atoms. The van der Waals surface area contributed by atoms with E-state index in [1.807, 2.05) is 36.4 Å². The van der Waals surface area contributed by atoms with Gasteiger partial charge in [-0.15, -0.1) is 0 Å². The van der Waals surface area contributed by atoms with Gasteiger partial charge in [0.05, 0.1) is 5.69 Å². The molecule has 4 rings (SSSR count). The van der Waals surface area contributed by atoms with Crippen molar-refractivity contribution in [1.29, 1.82) is 0 Å². The average Bonchev–Trinajstić information content (AvgIpc) is 3.00. The summed E-state index contributed by atoms with van der Waals surface area (Å²) in [5.74, 6) is -0.672. The summed E-state index contributed by atoms with van der Waals surface area (Å²) in [5, 5.41) is 4.96. The maximum atomic E-state index is 12.5. The Balaban J connectivity index is 1.53. The standard InChI is InChI=1S/C21H15BrN2O3/c22-18-3-1-2-14-12-15(6-9-17(14)18)23-21(27)13-4-7-16(8-5-13)24-19(25)10-11-20(24)26/h1-9,12H,10-11H2,(H,23,27). The van der Waals surface area contributed by atoms with E-state index >= 15 is 0 Å². The highest BCUT2D eigenvalue weighted by Gasteiger charge is 2.30. The highest BCUT2D eigenvalue weighted by atomic mass is 79.9. The number of halogens is 1. The molecule has 3 amide bonds. The first-order valence-corrected chi connectivity index (χ1v) is 9.28. The van der Waals surface area contributed by atoms with Gasteiger partial charge in [-0.1, -0.05) is 34.1 Å². The Kier molecular flexibility index (Phi) is 4.49. The molecule has 0 aromatic heterocycles. The quantitative estimate of drug-likeness (QED) is 0.631. The molecule has 134 valence electrons. The third kappa shape index (κ3) is 3.36. The van der Waals surface area contributed by atoms with Crippen molar-refractivity contribution in [2.45, 2.75) is 12.8 Å². The normalized spacial score (nSPS) is 14.0. The lowest BCUT2D eigenvalue weighted by molar-refractivity contribution is -0.121. The molecule has 1 saturated heterocycles. The van der Waals surface area contributed by atoms with Gasteiger partial charge in [0.2, 0.25) is 11.8 Å². The second kappa shape index (κ2) is 6.96. The zero-order valence-corrected chi connectivity index (χ0v) is 15.8. The molecular weight excluding hydrogens is 408 g/mol. The third-order valence-electron chi connectivity index (χ3n) is 4.52. The summed E-state index contributed by atoms with van der Waals surface area (Å²) in [5.41, 5.74) is 1.64. The number of carbonyl (C=O) groups excluding carboxylic acids is 3. The number of nitrogens with zero attached hydrogens (tertiary/aromatic N) is 1. The molecule has 1 aliphatic rings. The lowest BCUT2D eigenvalue weighted by atomic mass is 10.1. The molecule has 5 nitrogen and oxygen atoms in total. The van der Waals surface area contributed by atoms with E-state index in [9.17, 15) is 14.4 Å². The van der Waals surface area contributed by atoms with Gasteiger partial charge < -0.3 is 5.32 Å². The largest absolute Gasteiger partial charge is 0.322 e. The molecule has 3 aromatic carbocycles. The number of hydrogen-bond donors (Lipinski definition) is 1. The van der Waals surface area contributed by atoms with Crippen molar-refractivity contribution >= 4 is 55.8 Å². The smallest absolute Gasteiger partial charge is 0.255 e. The molecule has 0 unspecified atom stereocenters. The summed E-state index contributed by atoms with van der Waals surface area (Å²) in [7, 11) is 0. The molecule has 6 heteroatoms. The summed E-state index contributed by atoms with van der Waals surface area (Å²) in [6, 6.07) is 18.1. The number of fused-ring (bicyclic) bond motifs is 1. The predicted molar refractivity (Wildman–Crippen MR) is 108 cm³/mol. The minimum Gasteiger partial charge on any atom is -0.322 e. The van der Waals surface area contributed by atoms with Crippen LogP contribution in [0.25, 0.3) is 10.8 Å². The number of imide groups is 1. The van der Waals surface area contributed by atoms with E-state index in [4.69, 9.17) is 0 Å². The van der Waals surface area contributed by atoms with Crippen LogP contribution in [-0.2, 0) is 9.59 Å². The molecule has 1 fully saturated rings. The van der Waals surface area contributed by atoms with Crippen LogP contribution >= 0.6 is 15.9 Å². The minimum absolute atomic E-state index is 0.209. The molecule has 1 heterocycles. The van der Waals surface area contributed by atoms with E-state index in [1.54, 1.807) is 24.3 Å². The van der Waals surface area contributed by atoms with Gasteiger partial charge in [-0.2, -0.15) is 0 Å². The van der Waals surface area contributed by atoms with Crippen molar-refractivity contribution in [1.82, 2.24) is 0 Å². The van der Waals surface area contributed by atoms with Crippen LogP contribution < -0.4 is 10.2 Å². The first kappa shape index (κ1) is 17.4. The van der Waals surface area contributed by atoms with Crippen LogP contribution in [-0.4, -0.2) is 17.7 Å². The lowest BCUT2D eigenvalue weighted by Crippen LogP contribution is -2.28. The summed E-state index contributed by atoms with van der Waals surface area (Å²) < 4.78 is 1.000. The van der Waals surface area contributed by atoms with Crippen LogP contribution in [0, 0.1) is 0 Å². The highest BCUT2D eigenvalue weighted by molar-refractivity contribution is 9.10. The maximum absolute atomic E-state index is 12.5. The first-order chi connectivity index (χ1) is 13.0. The molecule has 27 heavy (non-hydrogen) atoms. The Morgan fingerprint density at radius 2 is 1.63 bits per heavy atom. The Morgan fingerprint density at radius 3 is 2.33 bits per heavy atom. The fraction of sp³-hybridized carbons (Fsp3) is 0.0952. The van der Waals surface area contributed by atoms with E-state index < -0.39 is 0 Å². The van der Waals surface area contributed by atoms with Crippen molar-refractivity contribution in [3.63, 3.8) is 0 Å². The van der Waals surface area contributed by atoms with E-state index in [-0.39, 0.29) is 30.6 Å². The molecule has 0 radical (unpaired) electrons. The molecule has 0 aliphatic carbocycles. The van der Waals surface area contributed by atoms with Crippen LogP contribution in [0.15, 0.2) is 65.1 Å². The van der Waals surface area contributed by atoms with Crippen molar-refractivity contribution in [2.75, 3.05) is 10.2 Å². The summed E-state index contributed by atoms with van der Waals surface area (Å²) in [6.45, 7) is 0. The van der Waals surface area contributed by atoms with E-state index in [0.29, 0.717) is 16.9 Å². The number of benzene rings is 3. The molecule has 0 saturated carbocycles. The van der Waals surface area contributed by atoms with Gasteiger partial charge in [0.25, 0.3) is 5.91 Å². The summed E-state index contributed by atoms with van der Waals surface area (Å²) in [6.07, 6.45) is 0.471. The fourth-order valence-corrected chi connectivity index (χ4v) is 3.67. The molecular formula is C21H15BrN2O3. The Morgan fingerprint density at radius 1 is 0.926 bits per heavy atom. The number of anilines is 2. The molecule has 3 aromatic rings. The maximum Gasteiger partial charge on any atom is 0.255 e. The SMILES string of the molecule is O=C(Nc1ccc2c(Br)cccc2c1)c1ccc(N2C(=O)CCC2=O)cc1. The zero-order chi connectivity index (χ0) is 19.0. The number of rotatable bonds is 3. The molecule has 1 N–H and O–H groups in total. The average molecular weight is 423 g/mol. The van der Waals surface area contributed by atoms with Gasteiger partial charge in [-0.05, 0) is 53.2 Å². The first-order valence-electron chi connectivity index (χ1n) is 8.48. The summed E-state index contributed by atoms with van der Waals surface area (Å²) >= 11 is 3.51. The van der Waals surface area contributed by atoms with Crippen LogP contribution in [0.2, 0.25) is 0 Å². The van der Waals surface area contributed by atoms with Gasteiger partial charge in [0, 0.05) is 28.6 Å². The number of hydrogen-bond acceptors (Lipinski definition) is 3. The van der Waals surface area contributed by atoms with Crippen LogP contribution in [0.5, 0.6) is 0 Å². The molecule has 0 atom stereocenters. The lowest BCUT2D eigenvalue weighted by Gasteiger charge is -2.14. The monoisotopic (exact) mass is 422 g/mol. The fourth-order valence-electron chi connectivity index (χ4n) is 3.15. The van der Waals surface area contributed by atoms with Crippen molar-refractivity contribution in [2.24, 2.45) is 0 Å². The van der Waals surface area contributed by atoms with Crippen LogP contribution in [0.3, 0.4) is 0 Å². The van der Waals surface area contributed by atoms with Gasteiger partial charge in [-0.25, -0.2) is 0 Å². The second-order valence-corrected chi connectivity index (χ2v) is 7.15. The number of carbonyl (C=O) groups is 3. The van der Waals surface area contributed by atoms with E-state index in [1.165, 1.54) is 4.90 Å². The van der Waals surface area contributed by atoms with Gasteiger partial charge in [0.1, 0.15) is 0 Å². The molecule has 1 aliphatic heterocycles. The minimum atomic E-state index is -0.255. The van der Waals surface area contributed by atoms with Gasteiger partial charge >= 0.3 is 0 Å². The molecule has 0 spiro atoms. The van der Waals surface area contributed by atoms with Crippen molar-refractivity contribution in [3.05, 3.63) is 70.7 Å². The van der Waals surface area contributed by atoms with Gasteiger partial charge in [-0.3, -0.25) is 19.3 Å². The second-order valence-electron chi connectivity index (χ2n) is 6.30. The zero-order valence-electron chi connectivity index (χ0n) is 14.2. The summed E-state index contributed by atoms with van der Waals surface area (Å²) in [4.78, 5) is 37.3. The highest BCUT2D eigenvalue weighted by Crippen LogP contribution is 2.27. The van der Waals surface area contributed by atoms with Crippen LogP contribution in [0.4, 0.5) is 11.4 Å². The Bertz CT molecular complexity index is 1060. The van der Waals surface area contributed by atoms with Gasteiger partial charge in [0.15, 0.2) is 0 Å².